The average Bonchev–Trinajstić information content (AvgIpc) is 3.24. The molecule has 7 nitrogen and oxygen atoms in total. The van der Waals surface area contributed by atoms with Crippen molar-refractivity contribution in [2.24, 2.45) is 4.99 Å². The Kier molecular flexibility index (Phi) is 9.49. The predicted octanol–water partition coefficient (Wildman–Crippen LogP) is 2.58. The number of benzene rings is 1. The highest BCUT2D eigenvalue weighted by Gasteiger charge is 2.31. The summed E-state index contributed by atoms with van der Waals surface area (Å²) in [6.07, 6.45) is 1.18. The fourth-order valence-electron chi connectivity index (χ4n) is 4.17. The number of morpholine rings is 1. The molecule has 170 valence electrons. The second-order valence-corrected chi connectivity index (χ2v) is 8.39. The van der Waals surface area contributed by atoms with Gasteiger partial charge >= 0.3 is 0 Å². The highest BCUT2D eigenvalue weighted by atomic mass is 127. The number of likely N-dealkylation sites (tertiary alicyclic amines) is 1. The number of aliphatic imine (C=N–C) groups is 1. The van der Waals surface area contributed by atoms with Crippen LogP contribution in [0, 0.1) is 0 Å². The lowest BCUT2D eigenvalue weighted by atomic mass is 9.84. The molecule has 1 unspecified atom stereocenters. The molecule has 2 aliphatic rings. The molecule has 1 aromatic rings. The first-order valence-corrected chi connectivity index (χ1v) is 10.5. The number of hydrogen-bond donors (Lipinski definition) is 1. The van der Waals surface area contributed by atoms with Crippen molar-refractivity contribution in [2.75, 3.05) is 67.2 Å². The molecule has 8 heteroatoms. The summed E-state index contributed by atoms with van der Waals surface area (Å²) in [5.74, 6) is 2.49. The van der Waals surface area contributed by atoms with E-state index in [1.54, 1.807) is 14.2 Å². The summed E-state index contributed by atoms with van der Waals surface area (Å²) in [4.78, 5) is 9.49. The van der Waals surface area contributed by atoms with Crippen LogP contribution in [0.4, 0.5) is 0 Å². The van der Waals surface area contributed by atoms with Gasteiger partial charge in [-0.05, 0) is 24.1 Å². The zero-order valence-electron chi connectivity index (χ0n) is 18.9. The van der Waals surface area contributed by atoms with Crippen LogP contribution >= 0.6 is 24.0 Å². The molecular formula is C22H37IN4O3. The van der Waals surface area contributed by atoms with Gasteiger partial charge in [0.05, 0.1) is 27.4 Å². The maximum atomic E-state index is 5.50. The van der Waals surface area contributed by atoms with Crippen LogP contribution in [0.3, 0.4) is 0 Å². The number of nitrogens with one attached hydrogen (secondary N) is 1. The van der Waals surface area contributed by atoms with Crippen LogP contribution in [0.25, 0.3) is 0 Å². The van der Waals surface area contributed by atoms with Crippen molar-refractivity contribution in [1.29, 1.82) is 0 Å². The lowest BCUT2D eigenvalue weighted by molar-refractivity contribution is 0.0195. The predicted molar refractivity (Wildman–Crippen MR) is 132 cm³/mol. The summed E-state index contributed by atoms with van der Waals surface area (Å²) in [6, 6.07) is 6.73. The molecule has 2 fully saturated rings. The van der Waals surface area contributed by atoms with Gasteiger partial charge in [0.2, 0.25) is 0 Å². The van der Waals surface area contributed by atoms with Gasteiger partial charge in [-0.2, -0.15) is 0 Å². The van der Waals surface area contributed by atoms with Gasteiger partial charge in [-0.1, -0.05) is 19.9 Å². The maximum absolute atomic E-state index is 5.50. The highest BCUT2D eigenvalue weighted by molar-refractivity contribution is 14.0. The molecule has 1 N–H and O–H groups in total. The van der Waals surface area contributed by atoms with Crippen molar-refractivity contribution < 1.29 is 14.2 Å². The maximum Gasteiger partial charge on any atom is 0.193 e. The summed E-state index contributed by atoms with van der Waals surface area (Å²) in [5.41, 5.74) is 1.12. The molecule has 2 heterocycles. The monoisotopic (exact) mass is 532 g/mol. The van der Waals surface area contributed by atoms with E-state index in [4.69, 9.17) is 14.2 Å². The van der Waals surface area contributed by atoms with E-state index < -0.39 is 0 Å². The van der Waals surface area contributed by atoms with Crippen LogP contribution in [0.2, 0.25) is 0 Å². The van der Waals surface area contributed by atoms with Gasteiger partial charge in [0.25, 0.3) is 0 Å². The van der Waals surface area contributed by atoms with Gasteiger partial charge in [-0.25, -0.2) is 0 Å². The fourth-order valence-corrected chi connectivity index (χ4v) is 4.17. The largest absolute Gasteiger partial charge is 0.493 e. The first-order valence-electron chi connectivity index (χ1n) is 10.5. The lowest BCUT2D eigenvalue weighted by Gasteiger charge is -2.33. The van der Waals surface area contributed by atoms with Crippen molar-refractivity contribution in [3.8, 4) is 11.5 Å². The molecule has 1 aromatic carbocycles. The smallest absolute Gasteiger partial charge is 0.193 e. The van der Waals surface area contributed by atoms with Crippen molar-refractivity contribution in [2.45, 2.75) is 31.7 Å². The van der Waals surface area contributed by atoms with Crippen LogP contribution in [0.5, 0.6) is 11.5 Å². The van der Waals surface area contributed by atoms with Gasteiger partial charge in [-0.3, -0.25) is 9.89 Å². The second-order valence-electron chi connectivity index (χ2n) is 8.39. The Hall–Kier alpha value is -1.26. The summed E-state index contributed by atoms with van der Waals surface area (Å²) >= 11 is 0. The van der Waals surface area contributed by atoms with Crippen molar-refractivity contribution in [1.82, 2.24) is 15.1 Å². The van der Waals surface area contributed by atoms with E-state index >= 15 is 0 Å². The standard InChI is InChI=1S/C22H36N4O3.HI/c1-22(2,17-6-7-19(27-4)20(14-17)28-5)16-24-21(23-3)26-9-8-18(15-26)25-10-12-29-13-11-25;/h6-7,14,18H,8-13,15-16H2,1-5H3,(H,23,24);1H. The number of halogens is 1. The minimum absolute atomic E-state index is 0. The van der Waals surface area contributed by atoms with Crippen LogP contribution in [0.15, 0.2) is 23.2 Å². The van der Waals surface area contributed by atoms with Gasteiger partial charge in [-0.15, -0.1) is 24.0 Å². The molecule has 2 aliphatic heterocycles. The quantitative estimate of drug-likeness (QED) is 0.346. The number of nitrogens with zero attached hydrogens (tertiary/aromatic N) is 3. The van der Waals surface area contributed by atoms with E-state index in [-0.39, 0.29) is 29.4 Å². The summed E-state index contributed by atoms with van der Waals surface area (Å²) in [5, 5.41) is 3.60. The van der Waals surface area contributed by atoms with Crippen LogP contribution in [-0.4, -0.2) is 89.0 Å². The summed E-state index contributed by atoms with van der Waals surface area (Å²) in [7, 11) is 5.20. The molecule has 0 aromatic heterocycles. The molecule has 0 amide bonds. The lowest BCUT2D eigenvalue weighted by Crippen LogP contribution is -2.48. The van der Waals surface area contributed by atoms with Crippen molar-refractivity contribution in [3.05, 3.63) is 23.8 Å². The van der Waals surface area contributed by atoms with Gasteiger partial charge in [0.1, 0.15) is 0 Å². The Balaban J connectivity index is 0.00000320. The number of ether oxygens (including phenoxy) is 3. The van der Waals surface area contributed by atoms with E-state index in [9.17, 15) is 0 Å². The number of rotatable bonds is 6. The third-order valence-corrected chi connectivity index (χ3v) is 6.09. The fraction of sp³-hybridized carbons (Fsp3) is 0.682. The molecule has 3 rings (SSSR count). The Morgan fingerprint density at radius 2 is 1.87 bits per heavy atom. The molecule has 0 saturated carbocycles. The van der Waals surface area contributed by atoms with Gasteiger partial charge in [0, 0.05) is 51.2 Å². The highest BCUT2D eigenvalue weighted by Crippen LogP contribution is 2.33. The second kappa shape index (κ2) is 11.4. The molecule has 0 aliphatic carbocycles. The zero-order chi connectivity index (χ0) is 20.9. The van der Waals surface area contributed by atoms with E-state index in [1.807, 2.05) is 13.1 Å². The molecule has 30 heavy (non-hydrogen) atoms. The Bertz CT molecular complexity index is 708. The van der Waals surface area contributed by atoms with E-state index in [1.165, 1.54) is 12.0 Å². The summed E-state index contributed by atoms with van der Waals surface area (Å²) in [6.45, 7) is 11.1. The molecule has 0 bridgehead atoms. The third-order valence-electron chi connectivity index (χ3n) is 6.09. The van der Waals surface area contributed by atoms with E-state index in [2.05, 4.69) is 46.1 Å². The first-order chi connectivity index (χ1) is 14.0. The van der Waals surface area contributed by atoms with Gasteiger partial charge < -0.3 is 24.4 Å². The number of guanidine groups is 1. The Morgan fingerprint density at radius 3 is 2.50 bits per heavy atom. The zero-order valence-corrected chi connectivity index (χ0v) is 21.3. The molecule has 0 radical (unpaired) electrons. The van der Waals surface area contributed by atoms with E-state index in [0.29, 0.717) is 6.04 Å². The minimum atomic E-state index is -0.0845. The SMILES string of the molecule is CN=C(NCC(C)(C)c1ccc(OC)c(OC)c1)N1CCC(N2CCOCC2)C1.I. The average molecular weight is 532 g/mol. The van der Waals surface area contributed by atoms with Gasteiger partial charge in [0.15, 0.2) is 17.5 Å². The van der Waals surface area contributed by atoms with E-state index in [0.717, 1.165) is 63.4 Å². The third kappa shape index (κ3) is 5.91. The first kappa shape index (κ1) is 25.0. The normalized spacial score (nSPS) is 20.6. The molecule has 2 saturated heterocycles. The number of hydrogen-bond acceptors (Lipinski definition) is 5. The van der Waals surface area contributed by atoms with Crippen molar-refractivity contribution in [3.63, 3.8) is 0 Å². The van der Waals surface area contributed by atoms with Crippen LogP contribution < -0.4 is 14.8 Å². The summed E-state index contributed by atoms with van der Waals surface area (Å²) < 4.78 is 16.3. The van der Waals surface area contributed by atoms with Crippen LogP contribution in [0.1, 0.15) is 25.8 Å². The number of methoxy groups -OCH3 is 2. The topological polar surface area (TPSA) is 58.6 Å². The molecule has 0 spiro atoms. The molecular weight excluding hydrogens is 495 g/mol. The minimum Gasteiger partial charge on any atom is -0.493 e. The Labute approximate surface area is 198 Å². The van der Waals surface area contributed by atoms with Crippen LogP contribution in [-0.2, 0) is 10.2 Å². The van der Waals surface area contributed by atoms with Crippen molar-refractivity contribution >= 4 is 29.9 Å². The Morgan fingerprint density at radius 1 is 1.17 bits per heavy atom. The molecule has 1 atom stereocenters.